The van der Waals surface area contributed by atoms with Gasteiger partial charge in [0.2, 0.25) is 0 Å². The van der Waals surface area contributed by atoms with Crippen molar-refractivity contribution in [1.29, 1.82) is 0 Å². The lowest BCUT2D eigenvalue weighted by molar-refractivity contribution is 0.358. The lowest BCUT2D eigenvalue weighted by Gasteiger charge is -2.14. The third kappa shape index (κ3) is 5.76. The van der Waals surface area contributed by atoms with Crippen molar-refractivity contribution in [3.63, 3.8) is 0 Å². The number of pyridine rings is 1. The molecule has 0 aliphatic carbocycles. The van der Waals surface area contributed by atoms with Crippen molar-refractivity contribution in [2.75, 3.05) is 20.2 Å². The number of aromatic nitrogens is 1. The molecule has 0 aliphatic rings. The molecular formula is C19H24N4O. The Morgan fingerprint density at radius 3 is 2.88 bits per heavy atom. The fourth-order valence-corrected chi connectivity index (χ4v) is 2.21. The highest BCUT2D eigenvalue weighted by Crippen LogP contribution is 2.17. The van der Waals surface area contributed by atoms with E-state index in [1.54, 1.807) is 19.3 Å². The number of ether oxygens (including phenoxy) is 1. The smallest absolute Gasteiger partial charge is 0.191 e. The number of benzene rings is 1. The van der Waals surface area contributed by atoms with E-state index in [-0.39, 0.29) is 0 Å². The summed E-state index contributed by atoms with van der Waals surface area (Å²) >= 11 is 0. The second-order valence-electron chi connectivity index (χ2n) is 5.17. The molecule has 1 heterocycles. The molecule has 5 nitrogen and oxygen atoms in total. The number of nitrogens with zero attached hydrogens (tertiary/aromatic N) is 2. The summed E-state index contributed by atoms with van der Waals surface area (Å²) in [6, 6.07) is 12.0. The molecule has 0 aliphatic heterocycles. The number of aliphatic imine (C=N–C) groups is 1. The fourth-order valence-electron chi connectivity index (χ4n) is 2.21. The number of nitrogens with one attached hydrogen (secondary N) is 2. The molecule has 0 atom stereocenters. The number of hydrogen-bond donors (Lipinski definition) is 2. The van der Waals surface area contributed by atoms with Crippen LogP contribution in [0.5, 0.6) is 5.75 Å². The van der Waals surface area contributed by atoms with E-state index >= 15 is 0 Å². The second-order valence-corrected chi connectivity index (χ2v) is 5.17. The van der Waals surface area contributed by atoms with Crippen LogP contribution in [-0.2, 0) is 13.0 Å². The summed E-state index contributed by atoms with van der Waals surface area (Å²) in [5.74, 6) is 1.62. The van der Waals surface area contributed by atoms with Gasteiger partial charge in [-0.05, 0) is 24.1 Å². The topological polar surface area (TPSA) is 58.5 Å². The van der Waals surface area contributed by atoms with Crippen LogP contribution >= 0.6 is 0 Å². The molecule has 0 radical (unpaired) electrons. The summed E-state index contributed by atoms with van der Waals surface area (Å²) in [6.07, 6.45) is 6.30. The molecule has 0 saturated heterocycles. The molecule has 24 heavy (non-hydrogen) atoms. The van der Waals surface area contributed by atoms with Crippen molar-refractivity contribution in [1.82, 2.24) is 15.6 Å². The maximum absolute atomic E-state index is 5.67. The van der Waals surface area contributed by atoms with Gasteiger partial charge in [-0.15, -0.1) is 0 Å². The second kappa shape index (κ2) is 10.0. The molecule has 0 amide bonds. The maximum Gasteiger partial charge on any atom is 0.191 e. The molecular weight excluding hydrogens is 300 g/mol. The molecule has 2 N–H and O–H groups in total. The Hall–Kier alpha value is -2.82. The van der Waals surface area contributed by atoms with Crippen LogP contribution in [0.25, 0.3) is 0 Å². The Kier molecular flexibility index (Phi) is 7.34. The molecule has 0 fully saturated rings. The van der Waals surface area contributed by atoms with E-state index in [0.29, 0.717) is 13.2 Å². The molecule has 0 saturated carbocycles. The Bertz CT molecular complexity index is 655. The van der Waals surface area contributed by atoms with Gasteiger partial charge < -0.3 is 15.4 Å². The highest BCUT2D eigenvalue weighted by atomic mass is 16.5. The zero-order valence-corrected chi connectivity index (χ0v) is 14.0. The van der Waals surface area contributed by atoms with Gasteiger partial charge >= 0.3 is 0 Å². The van der Waals surface area contributed by atoms with Gasteiger partial charge in [0.25, 0.3) is 0 Å². The fraction of sp³-hybridized carbons (Fsp3) is 0.263. The van der Waals surface area contributed by atoms with Crippen molar-refractivity contribution in [3.8, 4) is 5.75 Å². The third-order valence-corrected chi connectivity index (χ3v) is 3.43. The summed E-state index contributed by atoms with van der Waals surface area (Å²) in [5, 5.41) is 6.61. The Balaban J connectivity index is 1.82. The molecule has 126 valence electrons. The van der Waals surface area contributed by atoms with Gasteiger partial charge in [0, 0.05) is 38.1 Å². The van der Waals surface area contributed by atoms with E-state index < -0.39 is 0 Å². The number of para-hydroxylation sites is 1. The lowest BCUT2D eigenvalue weighted by Crippen LogP contribution is -2.37. The zero-order valence-electron chi connectivity index (χ0n) is 14.0. The minimum absolute atomic E-state index is 0.495. The van der Waals surface area contributed by atoms with Crippen LogP contribution in [0, 0.1) is 0 Å². The number of guanidine groups is 1. The van der Waals surface area contributed by atoms with E-state index in [0.717, 1.165) is 30.2 Å². The first-order chi connectivity index (χ1) is 11.8. The molecule has 1 aromatic carbocycles. The third-order valence-electron chi connectivity index (χ3n) is 3.43. The Morgan fingerprint density at radius 2 is 2.12 bits per heavy atom. The van der Waals surface area contributed by atoms with Crippen molar-refractivity contribution in [2.45, 2.75) is 13.0 Å². The first-order valence-corrected chi connectivity index (χ1v) is 7.98. The summed E-state index contributed by atoms with van der Waals surface area (Å²) in [4.78, 5) is 8.37. The van der Waals surface area contributed by atoms with E-state index in [1.165, 1.54) is 5.56 Å². The van der Waals surface area contributed by atoms with Gasteiger partial charge in [-0.25, -0.2) is 0 Å². The zero-order chi connectivity index (χ0) is 17.0. The number of hydrogen-bond acceptors (Lipinski definition) is 3. The molecule has 0 spiro atoms. The molecule has 2 aromatic rings. The highest BCUT2D eigenvalue weighted by Gasteiger charge is 2.04. The minimum atomic E-state index is 0.495. The molecule has 2 rings (SSSR count). The van der Waals surface area contributed by atoms with E-state index in [4.69, 9.17) is 4.74 Å². The summed E-state index contributed by atoms with van der Waals surface area (Å²) in [7, 11) is 1.76. The van der Waals surface area contributed by atoms with Crippen molar-refractivity contribution < 1.29 is 4.74 Å². The largest absolute Gasteiger partial charge is 0.489 e. The predicted molar refractivity (Wildman–Crippen MR) is 98.3 cm³/mol. The first-order valence-electron chi connectivity index (χ1n) is 7.98. The minimum Gasteiger partial charge on any atom is -0.489 e. The molecule has 1 aromatic heterocycles. The average molecular weight is 324 g/mol. The van der Waals surface area contributed by atoms with Gasteiger partial charge in [0.15, 0.2) is 5.96 Å². The van der Waals surface area contributed by atoms with Crippen molar-refractivity contribution in [2.24, 2.45) is 4.99 Å². The van der Waals surface area contributed by atoms with E-state index in [9.17, 15) is 0 Å². The Labute approximate surface area is 143 Å². The van der Waals surface area contributed by atoms with Crippen molar-refractivity contribution in [3.05, 3.63) is 72.6 Å². The van der Waals surface area contributed by atoms with Gasteiger partial charge in [0.05, 0.1) is 0 Å². The van der Waals surface area contributed by atoms with Crippen LogP contribution in [-0.4, -0.2) is 31.1 Å². The molecule has 0 bridgehead atoms. The van der Waals surface area contributed by atoms with E-state index in [2.05, 4.69) is 33.3 Å². The van der Waals surface area contributed by atoms with Gasteiger partial charge in [0.1, 0.15) is 12.4 Å². The Morgan fingerprint density at radius 1 is 1.25 bits per heavy atom. The lowest BCUT2D eigenvalue weighted by atomic mass is 10.2. The normalized spacial score (nSPS) is 11.0. The van der Waals surface area contributed by atoms with Gasteiger partial charge in [-0.3, -0.25) is 9.98 Å². The monoisotopic (exact) mass is 324 g/mol. The summed E-state index contributed by atoms with van der Waals surface area (Å²) in [6.45, 7) is 5.60. The van der Waals surface area contributed by atoms with Crippen LogP contribution in [0.4, 0.5) is 0 Å². The summed E-state index contributed by atoms with van der Waals surface area (Å²) in [5.41, 5.74) is 2.28. The standard InChI is InChI=1S/C19H24N4O/c1-3-13-24-18-9-5-4-8-17(18)15-23-19(20-2)22-12-10-16-7-6-11-21-14-16/h3-9,11,14H,1,10,12-13,15H2,2H3,(H2,20,22,23). The SMILES string of the molecule is C=CCOc1ccccc1CNC(=NC)NCCc1cccnc1. The number of rotatable bonds is 8. The molecule has 5 heteroatoms. The van der Waals surface area contributed by atoms with Crippen LogP contribution in [0.15, 0.2) is 66.4 Å². The van der Waals surface area contributed by atoms with Crippen LogP contribution in [0.3, 0.4) is 0 Å². The van der Waals surface area contributed by atoms with Crippen LogP contribution < -0.4 is 15.4 Å². The average Bonchev–Trinajstić information content (AvgIpc) is 2.64. The van der Waals surface area contributed by atoms with Crippen molar-refractivity contribution >= 4 is 5.96 Å². The van der Waals surface area contributed by atoms with Gasteiger partial charge in [-0.1, -0.05) is 36.9 Å². The maximum atomic E-state index is 5.67. The molecule has 0 unspecified atom stereocenters. The predicted octanol–water partition coefficient (Wildman–Crippen LogP) is 2.55. The quantitative estimate of drug-likeness (QED) is 0.445. The van der Waals surface area contributed by atoms with E-state index in [1.807, 2.05) is 36.5 Å². The first kappa shape index (κ1) is 17.5. The van der Waals surface area contributed by atoms with Gasteiger partial charge in [-0.2, -0.15) is 0 Å². The van der Waals surface area contributed by atoms with Crippen LogP contribution in [0.2, 0.25) is 0 Å². The summed E-state index contributed by atoms with van der Waals surface area (Å²) < 4.78 is 5.67. The van der Waals surface area contributed by atoms with Crippen LogP contribution in [0.1, 0.15) is 11.1 Å². The highest BCUT2D eigenvalue weighted by molar-refractivity contribution is 5.79.